The first-order valence-electron chi connectivity index (χ1n) is 5.56. The Morgan fingerprint density at radius 2 is 2.06 bits per heavy atom. The van der Waals surface area contributed by atoms with Crippen LogP contribution in [0.1, 0.15) is 20.8 Å². The molecule has 1 amide bonds. The van der Waals surface area contributed by atoms with Gasteiger partial charge in [0.1, 0.15) is 23.2 Å². The van der Waals surface area contributed by atoms with Crippen LogP contribution < -0.4 is 5.32 Å². The number of rotatable bonds is 9. The number of nitrogens with one attached hydrogen (secondary N) is 1. The minimum absolute atomic E-state index is 0.0290. The number of hydrogen-bond acceptors (Lipinski definition) is 5. The van der Waals surface area contributed by atoms with Crippen molar-refractivity contribution in [1.29, 1.82) is 0 Å². The third kappa shape index (κ3) is 7.63. The van der Waals surface area contributed by atoms with Crippen molar-refractivity contribution in [3.05, 3.63) is 0 Å². The first-order chi connectivity index (χ1) is 8.38. The number of carboxylic acid groups (broad SMARTS) is 1. The third-order valence-corrected chi connectivity index (χ3v) is 4.63. The number of hydrogen-bond donors (Lipinski definition) is 2. The van der Waals surface area contributed by atoms with Crippen molar-refractivity contribution in [3.8, 4) is 0 Å². The summed E-state index contributed by atoms with van der Waals surface area (Å²) in [5.74, 6) is -1.73. The number of aliphatic carboxylic acids is 1. The molecule has 1 unspecified atom stereocenters. The van der Waals surface area contributed by atoms with E-state index in [-0.39, 0.29) is 18.0 Å². The van der Waals surface area contributed by atoms with Crippen LogP contribution in [-0.4, -0.2) is 41.7 Å². The van der Waals surface area contributed by atoms with Crippen LogP contribution in [0.2, 0.25) is 0 Å². The highest BCUT2D eigenvalue weighted by molar-refractivity contribution is 8.51. The van der Waals surface area contributed by atoms with Gasteiger partial charge in [-0.3, -0.25) is 4.79 Å². The van der Waals surface area contributed by atoms with Gasteiger partial charge in [0, 0.05) is 6.61 Å². The third-order valence-electron chi connectivity index (χ3n) is 1.99. The molecule has 0 saturated heterocycles. The molecule has 18 heavy (non-hydrogen) atoms. The number of carbonyl (C=O) groups is 2. The summed E-state index contributed by atoms with van der Waals surface area (Å²) in [7, 11) is -1.64. The average molecular weight is 296 g/mol. The van der Waals surface area contributed by atoms with Gasteiger partial charge in [-0.15, -0.1) is 0 Å². The summed E-state index contributed by atoms with van der Waals surface area (Å²) < 4.78 is 16.3. The van der Waals surface area contributed by atoms with Gasteiger partial charge in [-0.25, -0.2) is 4.79 Å². The zero-order valence-electron chi connectivity index (χ0n) is 10.7. The van der Waals surface area contributed by atoms with E-state index in [0.29, 0.717) is 6.61 Å². The Balaban J connectivity index is 4.03. The van der Waals surface area contributed by atoms with Gasteiger partial charge in [0.15, 0.2) is 0 Å². The molecule has 0 fully saturated rings. The molecule has 0 bridgehead atoms. The van der Waals surface area contributed by atoms with E-state index in [2.05, 4.69) is 5.32 Å². The Morgan fingerprint density at radius 1 is 1.44 bits per heavy atom. The second kappa shape index (κ2) is 9.30. The van der Waals surface area contributed by atoms with Gasteiger partial charge < -0.3 is 15.2 Å². The molecule has 0 saturated carbocycles. The van der Waals surface area contributed by atoms with E-state index in [9.17, 15) is 14.2 Å². The quantitative estimate of drug-likeness (QED) is 0.629. The van der Waals surface area contributed by atoms with Crippen molar-refractivity contribution in [2.75, 3.05) is 18.7 Å². The molecule has 0 aliphatic carbocycles. The zero-order valence-corrected chi connectivity index (χ0v) is 12.4. The van der Waals surface area contributed by atoms with Gasteiger partial charge in [0.2, 0.25) is 5.91 Å². The molecule has 8 heteroatoms. The lowest BCUT2D eigenvalue weighted by molar-refractivity contribution is -0.142. The summed E-state index contributed by atoms with van der Waals surface area (Å²) in [4.78, 5) is 22.3. The summed E-state index contributed by atoms with van der Waals surface area (Å²) in [5, 5.41) is 11.3. The van der Waals surface area contributed by atoms with Crippen molar-refractivity contribution in [2.24, 2.45) is 5.92 Å². The Kier molecular flexibility index (Phi) is 8.97. The Hall–Kier alpha value is -0.650. The fourth-order valence-electron chi connectivity index (χ4n) is 1.06. The second-order valence-corrected chi connectivity index (χ2v) is 7.32. The molecular weight excluding hydrogens is 277 g/mol. The van der Waals surface area contributed by atoms with Crippen molar-refractivity contribution < 1.29 is 24.0 Å². The van der Waals surface area contributed by atoms with Crippen LogP contribution in [0, 0.1) is 5.92 Å². The lowest BCUT2D eigenvalue weighted by Gasteiger charge is -2.16. The minimum Gasteiger partial charge on any atom is -0.480 e. The lowest BCUT2D eigenvalue weighted by Crippen LogP contribution is -2.44. The van der Waals surface area contributed by atoms with E-state index in [0.717, 1.165) is 11.4 Å². The summed E-state index contributed by atoms with van der Waals surface area (Å²) in [5.41, 5.74) is 0. The van der Waals surface area contributed by atoms with Crippen LogP contribution in [-0.2, 0) is 18.9 Å². The minimum atomic E-state index is -1.64. The highest BCUT2D eigenvalue weighted by Crippen LogP contribution is 2.37. The standard InChI is InChI=1S/C10H18NO5PS/c1-4-16-6-17(15)18-5-8(12)11-9(7(2)3)10(13)14/h7,9H,4-6H2,1-3H3,(H-,11,12,13,14)/p+1/t9-/m0/s1. The first kappa shape index (κ1) is 17.4. The van der Waals surface area contributed by atoms with Crippen molar-refractivity contribution >= 4 is 30.3 Å². The monoisotopic (exact) mass is 296 g/mol. The maximum absolute atomic E-state index is 11.5. The van der Waals surface area contributed by atoms with Gasteiger partial charge in [-0.05, 0) is 12.8 Å². The maximum Gasteiger partial charge on any atom is 0.439 e. The normalized spacial score (nSPS) is 13.2. The summed E-state index contributed by atoms with van der Waals surface area (Å²) in [6.45, 7) is 5.69. The van der Waals surface area contributed by atoms with Crippen LogP contribution in [0.25, 0.3) is 0 Å². The predicted molar refractivity (Wildman–Crippen MR) is 71.0 cm³/mol. The van der Waals surface area contributed by atoms with Gasteiger partial charge in [-0.1, -0.05) is 18.4 Å². The topological polar surface area (TPSA) is 92.7 Å². The second-order valence-electron chi connectivity index (χ2n) is 3.86. The fourth-order valence-corrected chi connectivity index (χ4v) is 3.04. The molecule has 0 heterocycles. The number of carbonyl (C=O) groups excluding carboxylic acids is 1. The molecule has 0 aromatic rings. The van der Waals surface area contributed by atoms with Crippen LogP contribution in [0.4, 0.5) is 0 Å². The number of carboxylic acids is 1. The van der Waals surface area contributed by atoms with Gasteiger partial charge in [-0.2, -0.15) is 0 Å². The zero-order chi connectivity index (χ0) is 14.1. The predicted octanol–water partition coefficient (Wildman–Crippen LogP) is 1.68. The molecule has 0 aromatic carbocycles. The average Bonchev–Trinajstić information content (AvgIpc) is 2.29. The lowest BCUT2D eigenvalue weighted by atomic mass is 10.1. The highest BCUT2D eigenvalue weighted by atomic mass is 32.7. The van der Waals surface area contributed by atoms with Crippen molar-refractivity contribution in [2.45, 2.75) is 26.8 Å². The van der Waals surface area contributed by atoms with Crippen LogP contribution in [0.15, 0.2) is 0 Å². The summed E-state index contributed by atoms with van der Waals surface area (Å²) >= 11 is 0.969. The smallest absolute Gasteiger partial charge is 0.439 e. The highest BCUT2D eigenvalue weighted by Gasteiger charge is 2.26. The molecule has 2 N–H and O–H groups in total. The molecule has 0 spiro atoms. The van der Waals surface area contributed by atoms with Gasteiger partial charge in [0.25, 0.3) is 6.35 Å². The summed E-state index contributed by atoms with van der Waals surface area (Å²) in [6.07, 6.45) is 0.107. The van der Waals surface area contributed by atoms with Crippen molar-refractivity contribution in [1.82, 2.24) is 5.32 Å². The van der Waals surface area contributed by atoms with Crippen LogP contribution in [0.5, 0.6) is 0 Å². The SMILES string of the molecule is CCOC[P+](=O)SCC(=O)N[C@H](C(=O)O)C(C)C. The molecule has 0 aliphatic heterocycles. The van der Waals surface area contributed by atoms with Crippen LogP contribution >= 0.6 is 18.4 Å². The Morgan fingerprint density at radius 3 is 2.50 bits per heavy atom. The van der Waals surface area contributed by atoms with E-state index in [1.165, 1.54) is 0 Å². The Bertz CT molecular complexity index is 311. The Labute approximate surface area is 111 Å². The molecule has 0 radical (unpaired) electrons. The molecule has 0 aromatic heterocycles. The van der Waals surface area contributed by atoms with Gasteiger partial charge in [0.05, 0.1) is 0 Å². The van der Waals surface area contributed by atoms with E-state index in [1.807, 2.05) is 0 Å². The molecule has 104 valence electrons. The van der Waals surface area contributed by atoms with Crippen LogP contribution in [0.3, 0.4) is 0 Å². The van der Waals surface area contributed by atoms with E-state index >= 15 is 0 Å². The molecule has 2 atom stereocenters. The largest absolute Gasteiger partial charge is 0.480 e. The molecule has 6 nitrogen and oxygen atoms in total. The summed E-state index contributed by atoms with van der Waals surface area (Å²) in [6, 6.07) is -0.914. The molecule has 0 rings (SSSR count). The van der Waals surface area contributed by atoms with E-state index in [1.54, 1.807) is 20.8 Å². The number of amides is 1. The van der Waals surface area contributed by atoms with Crippen molar-refractivity contribution in [3.63, 3.8) is 0 Å². The van der Waals surface area contributed by atoms with E-state index < -0.39 is 24.9 Å². The van der Waals surface area contributed by atoms with E-state index in [4.69, 9.17) is 9.84 Å². The number of ether oxygens (including phenoxy) is 1. The fraction of sp³-hybridized carbons (Fsp3) is 0.800. The maximum atomic E-state index is 11.5. The molecule has 0 aliphatic rings. The first-order valence-corrected chi connectivity index (χ1v) is 8.59. The molecular formula is C10H19NO5PS+. The van der Waals surface area contributed by atoms with Gasteiger partial charge >= 0.3 is 13.0 Å².